The number of hydrogen-bond acceptors (Lipinski definition) is 2. The number of allylic oxidation sites excluding steroid dienone is 2. The maximum atomic E-state index is 11.6. The molecule has 1 rings (SSSR count). The van der Waals surface area contributed by atoms with Crippen LogP contribution in [0.25, 0.3) is 0 Å². The van der Waals surface area contributed by atoms with Crippen molar-refractivity contribution in [3.05, 3.63) is 12.2 Å². The molecule has 0 saturated carbocycles. The van der Waals surface area contributed by atoms with Gasteiger partial charge in [0.25, 0.3) is 0 Å². The molecule has 98 valence electrons. The van der Waals surface area contributed by atoms with Crippen molar-refractivity contribution in [3.63, 3.8) is 0 Å². The second-order valence-corrected chi connectivity index (χ2v) is 5.38. The van der Waals surface area contributed by atoms with E-state index in [9.17, 15) is 4.79 Å². The van der Waals surface area contributed by atoms with E-state index in [2.05, 4.69) is 43.6 Å². The number of carbonyl (C=O) groups is 1. The molecule has 3 nitrogen and oxygen atoms in total. The molecule has 2 atom stereocenters. The zero-order valence-corrected chi connectivity index (χ0v) is 11.3. The largest absolute Gasteiger partial charge is 0.352 e. The van der Waals surface area contributed by atoms with Crippen LogP contribution in [0.2, 0.25) is 0 Å². The van der Waals surface area contributed by atoms with E-state index in [0.717, 1.165) is 13.0 Å². The fraction of sp³-hybridized carbons (Fsp3) is 0.786. The minimum Gasteiger partial charge on any atom is -0.352 e. The van der Waals surface area contributed by atoms with Gasteiger partial charge < -0.3 is 10.6 Å². The van der Waals surface area contributed by atoms with Crippen molar-refractivity contribution in [2.45, 2.75) is 46.1 Å². The van der Waals surface area contributed by atoms with Gasteiger partial charge in [-0.05, 0) is 44.6 Å². The number of rotatable bonds is 6. The van der Waals surface area contributed by atoms with E-state index in [1.54, 1.807) is 0 Å². The molecule has 0 aromatic carbocycles. The maximum absolute atomic E-state index is 11.6. The summed E-state index contributed by atoms with van der Waals surface area (Å²) in [5, 5.41) is 6.25. The summed E-state index contributed by atoms with van der Waals surface area (Å²) in [5.41, 5.74) is 0. The van der Waals surface area contributed by atoms with Gasteiger partial charge in [0, 0.05) is 6.04 Å². The Morgan fingerprint density at radius 1 is 1.35 bits per heavy atom. The predicted octanol–water partition coefficient (Wildman–Crippen LogP) is 2.09. The number of amides is 1. The van der Waals surface area contributed by atoms with Gasteiger partial charge >= 0.3 is 0 Å². The molecule has 1 aliphatic carbocycles. The lowest BCUT2D eigenvalue weighted by Gasteiger charge is -2.20. The highest BCUT2D eigenvalue weighted by molar-refractivity contribution is 5.78. The molecule has 0 aromatic heterocycles. The number of carbonyl (C=O) groups excluding carboxylic acids is 1. The lowest BCUT2D eigenvalue weighted by atomic mass is 9.94. The summed E-state index contributed by atoms with van der Waals surface area (Å²) in [6.07, 6.45) is 8.07. The van der Waals surface area contributed by atoms with Gasteiger partial charge in [0.15, 0.2) is 0 Å². The third-order valence-corrected chi connectivity index (χ3v) is 3.48. The van der Waals surface area contributed by atoms with Crippen molar-refractivity contribution in [2.24, 2.45) is 11.8 Å². The van der Waals surface area contributed by atoms with Crippen LogP contribution in [0.4, 0.5) is 0 Å². The molecule has 0 radical (unpaired) electrons. The molecule has 2 N–H and O–H groups in total. The van der Waals surface area contributed by atoms with Crippen LogP contribution in [-0.2, 0) is 4.79 Å². The topological polar surface area (TPSA) is 41.1 Å². The van der Waals surface area contributed by atoms with Gasteiger partial charge in [-0.1, -0.05) is 26.0 Å². The van der Waals surface area contributed by atoms with E-state index in [1.165, 1.54) is 12.8 Å². The van der Waals surface area contributed by atoms with Crippen molar-refractivity contribution in [1.82, 2.24) is 10.6 Å². The lowest BCUT2D eigenvalue weighted by molar-refractivity contribution is -0.121. The summed E-state index contributed by atoms with van der Waals surface area (Å²) in [6.45, 7) is 7.68. The van der Waals surface area contributed by atoms with Gasteiger partial charge in [-0.2, -0.15) is 0 Å². The monoisotopic (exact) mass is 238 g/mol. The first-order chi connectivity index (χ1) is 8.09. The SMILES string of the molecule is CC(C)C(C)NC(=O)CNCC1CC=CCC1. The number of nitrogens with one attached hydrogen (secondary N) is 2. The van der Waals surface area contributed by atoms with Crippen molar-refractivity contribution >= 4 is 5.91 Å². The highest BCUT2D eigenvalue weighted by atomic mass is 16.1. The fourth-order valence-corrected chi connectivity index (χ4v) is 1.90. The van der Waals surface area contributed by atoms with Crippen LogP contribution in [0, 0.1) is 11.8 Å². The standard InChI is InChI=1S/C14H26N2O/c1-11(2)12(3)16-14(17)10-15-9-13-7-5-4-6-8-13/h4-5,11-13,15H,6-10H2,1-3H3,(H,16,17). The average molecular weight is 238 g/mol. The third-order valence-electron chi connectivity index (χ3n) is 3.48. The molecule has 0 bridgehead atoms. The molecule has 1 amide bonds. The summed E-state index contributed by atoms with van der Waals surface area (Å²) in [6, 6.07) is 0.252. The van der Waals surface area contributed by atoms with Crippen LogP contribution in [0.3, 0.4) is 0 Å². The second-order valence-electron chi connectivity index (χ2n) is 5.38. The molecule has 0 heterocycles. The molecule has 0 spiro atoms. The second kappa shape index (κ2) is 7.49. The van der Waals surface area contributed by atoms with Crippen LogP contribution >= 0.6 is 0 Å². The molecule has 0 aliphatic heterocycles. The molecular weight excluding hydrogens is 212 g/mol. The Balaban J connectivity index is 2.09. The fourth-order valence-electron chi connectivity index (χ4n) is 1.90. The highest BCUT2D eigenvalue weighted by Gasteiger charge is 2.12. The van der Waals surface area contributed by atoms with E-state index in [1.807, 2.05) is 0 Å². The van der Waals surface area contributed by atoms with Gasteiger partial charge in [-0.15, -0.1) is 0 Å². The Hall–Kier alpha value is -0.830. The zero-order valence-electron chi connectivity index (χ0n) is 11.3. The first-order valence-electron chi connectivity index (χ1n) is 6.74. The van der Waals surface area contributed by atoms with Crippen LogP contribution in [0.1, 0.15) is 40.0 Å². The molecule has 0 aromatic rings. The smallest absolute Gasteiger partial charge is 0.234 e. The minimum absolute atomic E-state index is 0.109. The third kappa shape index (κ3) is 5.87. The predicted molar refractivity (Wildman–Crippen MR) is 71.8 cm³/mol. The van der Waals surface area contributed by atoms with E-state index in [0.29, 0.717) is 18.4 Å². The van der Waals surface area contributed by atoms with Crippen LogP contribution in [0.15, 0.2) is 12.2 Å². The number of hydrogen-bond donors (Lipinski definition) is 2. The highest BCUT2D eigenvalue weighted by Crippen LogP contribution is 2.16. The van der Waals surface area contributed by atoms with E-state index >= 15 is 0 Å². The Kier molecular flexibility index (Phi) is 6.27. The van der Waals surface area contributed by atoms with Crippen molar-refractivity contribution in [3.8, 4) is 0 Å². The normalized spacial score (nSPS) is 21.5. The summed E-state index contributed by atoms with van der Waals surface area (Å²) in [4.78, 5) is 11.6. The molecule has 0 fully saturated rings. The molecule has 1 aliphatic rings. The lowest BCUT2D eigenvalue weighted by Crippen LogP contribution is -2.42. The molecule has 0 saturated heterocycles. The summed E-state index contributed by atoms with van der Waals surface area (Å²) < 4.78 is 0. The van der Waals surface area contributed by atoms with E-state index < -0.39 is 0 Å². The minimum atomic E-state index is 0.109. The Labute approximate surface area is 105 Å². The van der Waals surface area contributed by atoms with Crippen LogP contribution in [0.5, 0.6) is 0 Å². The van der Waals surface area contributed by atoms with Gasteiger partial charge in [0.1, 0.15) is 0 Å². The van der Waals surface area contributed by atoms with Crippen LogP contribution in [-0.4, -0.2) is 25.0 Å². The molecular formula is C14H26N2O. The van der Waals surface area contributed by atoms with Gasteiger partial charge in [-0.25, -0.2) is 0 Å². The van der Waals surface area contributed by atoms with Crippen molar-refractivity contribution in [1.29, 1.82) is 0 Å². The first-order valence-corrected chi connectivity index (χ1v) is 6.74. The summed E-state index contributed by atoms with van der Waals surface area (Å²) in [7, 11) is 0. The summed E-state index contributed by atoms with van der Waals surface area (Å²) in [5.74, 6) is 1.30. The molecule has 2 unspecified atom stereocenters. The van der Waals surface area contributed by atoms with Crippen molar-refractivity contribution < 1.29 is 4.79 Å². The van der Waals surface area contributed by atoms with Crippen LogP contribution < -0.4 is 10.6 Å². The molecule has 3 heteroatoms. The Bertz CT molecular complexity index is 261. The average Bonchev–Trinajstić information content (AvgIpc) is 2.30. The molecule has 17 heavy (non-hydrogen) atoms. The Morgan fingerprint density at radius 3 is 2.71 bits per heavy atom. The van der Waals surface area contributed by atoms with Gasteiger partial charge in [0.2, 0.25) is 5.91 Å². The summed E-state index contributed by atoms with van der Waals surface area (Å²) >= 11 is 0. The van der Waals surface area contributed by atoms with E-state index in [-0.39, 0.29) is 11.9 Å². The van der Waals surface area contributed by atoms with E-state index in [4.69, 9.17) is 0 Å². The maximum Gasteiger partial charge on any atom is 0.234 e. The van der Waals surface area contributed by atoms with Crippen molar-refractivity contribution in [2.75, 3.05) is 13.1 Å². The Morgan fingerprint density at radius 2 is 2.12 bits per heavy atom. The van der Waals surface area contributed by atoms with Gasteiger partial charge in [-0.3, -0.25) is 4.79 Å². The quantitative estimate of drug-likeness (QED) is 0.696. The van der Waals surface area contributed by atoms with Gasteiger partial charge in [0.05, 0.1) is 6.54 Å². The first kappa shape index (κ1) is 14.2. The zero-order chi connectivity index (χ0) is 12.7.